The van der Waals surface area contributed by atoms with Gasteiger partial charge in [0.15, 0.2) is 5.78 Å². The molecule has 0 spiro atoms. The Labute approximate surface area is 120 Å². The molecule has 0 aliphatic carbocycles. The van der Waals surface area contributed by atoms with Gasteiger partial charge >= 0.3 is 5.97 Å². The number of ketones is 1. The molecule has 9 heteroatoms. The van der Waals surface area contributed by atoms with E-state index in [1.165, 1.54) is 12.1 Å². The molecule has 1 unspecified atom stereocenters. The molecule has 0 heterocycles. The molecular formula is C11H14ClN3O5. The van der Waals surface area contributed by atoms with Crippen molar-refractivity contribution in [3.8, 4) is 0 Å². The molecule has 0 saturated heterocycles. The van der Waals surface area contributed by atoms with Gasteiger partial charge in [0.1, 0.15) is 6.04 Å². The van der Waals surface area contributed by atoms with Crippen LogP contribution in [0.3, 0.4) is 0 Å². The average molecular weight is 304 g/mol. The van der Waals surface area contributed by atoms with Gasteiger partial charge in [-0.25, -0.2) is 0 Å². The lowest BCUT2D eigenvalue weighted by Crippen LogP contribution is -2.30. The predicted molar refractivity (Wildman–Crippen MR) is 73.9 cm³/mol. The second kappa shape index (κ2) is 7.41. The molecule has 0 aliphatic rings. The number of hydrogen-bond donors (Lipinski definition) is 3. The summed E-state index contributed by atoms with van der Waals surface area (Å²) in [6.45, 7) is 0. The number of benzene rings is 1. The Morgan fingerprint density at radius 1 is 1.40 bits per heavy atom. The van der Waals surface area contributed by atoms with Crippen molar-refractivity contribution >= 4 is 35.5 Å². The van der Waals surface area contributed by atoms with Crippen molar-refractivity contribution in [2.45, 2.75) is 18.9 Å². The summed E-state index contributed by atoms with van der Waals surface area (Å²) in [6.07, 6.45) is -0.199. The average Bonchev–Trinajstić information content (AvgIpc) is 2.35. The van der Waals surface area contributed by atoms with Gasteiger partial charge in [-0.1, -0.05) is 0 Å². The maximum absolute atomic E-state index is 11.8. The van der Waals surface area contributed by atoms with Crippen LogP contribution in [0.4, 0.5) is 11.4 Å². The smallest absolute Gasteiger partial charge is 0.320 e. The van der Waals surface area contributed by atoms with E-state index in [1.807, 2.05) is 0 Å². The quantitative estimate of drug-likeness (QED) is 0.306. The summed E-state index contributed by atoms with van der Waals surface area (Å²) in [4.78, 5) is 32.3. The number of anilines is 1. The van der Waals surface area contributed by atoms with E-state index in [1.54, 1.807) is 0 Å². The number of carboxylic acids is 1. The van der Waals surface area contributed by atoms with Gasteiger partial charge < -0.3 is 16.6 Å². The summed E-state index contributed by atoms with van der Waals surface area (Å²) < 4.78 is 0. The van der Waals surface area contributed by atoms with Gasteiger partial charge in [-0.3, -0.25) is 19.7 Å². The first-order chi connectivity index (χ1) is 8.82. The van der Waals surface area contributed by atoms with Crippen molar-refractivity contribution in [1.82, 2.24) is 0 Å². The molecule has 20 heavy (non-hydrogen) atoms. The first-order valence-electron chi connectivity index (χ1n) is 5.38. The first kappa shape index (κ1) is 17.8. The Hall–Kier alpha value is -2.19. The summed E-state index contributed by atoms with van der Waals surface area (Å²) in [5.41, 5.74) is 10.7. The molecule has 8 nitrogen and oxygen atoms in total. The minimum atomic E-state index is -1.21. The molecule has 1 aromatic carbocycles. The fourth-order valence-corrected chi connectivity index (χ4v) is 1.44. The normalized spacial score (nSPS) is 11.2. The molecule has 0 aliphatic heterocycles. The molecule has 0 radical (unpaired) electrons. The van der Waals surface area contributed by atoms with Crippen molar-refractivity contribution in [2.24, 2.45) is 5.73 Å². The Morgan fingerprint density at radius 2 is 2.00 bits per heavy atom. The molecule has 0 aromatic heterocycles. The van der Waals surface area contributed by atoms with Crippen molar-refractivity contribution in [1.29, 1.82) is 0 Å². The van der Waals surface area contributed by atoms with Crippen LogP contribution in [0, 0.1) is 10.1 Å². The molecule has 110 valence electrons. The Morgan fingerprint density at radius 3 is 2.50 bits per heavy atom. The van der Waals surface area contributed by atoms with Crippen LogP contribution < -0.4 is 11.5 Å². The molecule has 1 rings (SSSR count). The molecule has 0 fully saturated rings. The van der Waals surface area contributed by atoms with E-state index in [-0.39, 0.29) is 42.2 Å². The van der Waals surface area contributed by atoms with Crippen LogP contribution in [-0.2, 0) is 4.79 Å². The number of nitrogens with zero attached hydrogens (tertiary/aromatic N) is 1. The van der Waals surface area contributed by atoms with Crippen molar-refractivity contribution in [3.63, 3.8) is 0 Å². The number of carboxylic acid groups (broad SMARTS) is 1. The van der Waals surface area contributed by atoms with Crippen molar-refractivity contribution in [2.75, 3.05) is 5.73 Å². The van der Waals surface area contributed by atoms with Crippen LogP contribution in [-0.4, -0.2) is 27.8 Å². The van der Waals surface area contributed by atoms with Crippen LogP contribution in [0.1, 0.15) is 23.2 Å². The van der Waals surface area contributed by atoms with Gasteiger partial charge in [-0.15, -0.1) is 12.4 Å². The van der Waals surface area contributed by atoms with E-state index in [0.29, 0.717) is 0 Å². The number of nitrogen functional groups attached to an aromatic ring is 1. The van der Waals surface area contributed by atoms with Crippen LogP contribution in [0.5, 0.6) is 0 Å². The third-order valence-corrected chi connectivity index (χ3v) is 2.55. The van der Waals surface area contributed by atoms with E-state index < -0.39 is 22.7 Å². The number of nitro benzene ring substituents is 1. The Balaban J connectivity index is 0.00000361. The van der Waals surface area contributed by atoms with Crippen LogP contribution in [0.25, 0.3) is 0 Å². The van der Waals surface area contributed by atoms with E-state index in [9.17, 15) is 19.7 Å². The summed E-state index contributed by atoms with van der Waals surface area (Å²) >= 11 is 0. The standard InChI is InChI=1S/C11H13N3O5.ClH/c12-8-2-1-6(14(18)19)5-7(8)10(15)4-3-9(13)11(16)17;/h1-2,5,9H,3-4,12-13H2,(H,16,17);1H. The molecule has 0 saturated carbocycles. The van der Waals surface area contributed by atoms with Crippen molar-refractivity contribution < 1.29 is 19.6 Å². The highest BCUT2D eigenvalue weighted by molar-refractivity contribution is 6.01. The van der Waals surface area contributed by atoms with Gasteiger partial charge in [0, 0.05) is 29.8 Å². The molecular weight excluding hydrogens is 290 g/mol. The maximum atomic E-state index is 11.8. The highest BCUT2D eigenvalue weighted by atomic mass is 35.5. The number of carbonyl (C=O) groups is 2. The minimum Gasteiger partial charge on any atom is -0.480 e. The van der Waals surface area contributed by atoms with Gasteiger partial charge in [0.2, 0.25) is 0 Å². The molecule has 0 bridgehead atoms. The Bertz CT molecular complexity index is 535. The third-order valence-electron chi connectivity index (χ3n) is 2.55. The maximum Gasteiger partial charge on any atom is 0.320 e. The van der Waals surface area contributed by atoms with Gasteiger partial charge in [0.25, 0.3) is 5.69 Å². The van der Waals surface area contributed by atoms with Crippen LogP contribution in [0.2, 0.25) is 0 Å². The molecule has 1 atom stereocenters. The van der Waals surface area contributed by atoms with Gasteiger partial charge in [-0.2, -0.15) is 0 Å². The fraction of sp³-hybridized carbons (Fsp3) is 0.273. The molecule has 5 N–H and O–H groups in total. The summed E-state index contributed by atoms with van der Waals surface area (Å²) in [5.74, 6) is -1.68. The second-order valence-corrected chi connectivity index (χ2v) is 3.94. The highest BCUT2D eigenvalue weighted by Gasteiger charge is 2.18. The highest BCUT2D eigenvalue weighted by Crippen LogP contribution is 2.21. The summed E-state index contributed by atoms with van der Waals surface area (Å²) in [6, 6.07) is 2.38. The Kier molecular flexibility index (Phi) is 6.60. The van der Waals surface area contributed by atoms with Crippen LogP contribution >= 0.6 is 12.4 Å². The molecule has 1 aromatic rings. The van der Waals surface area contributed by atoms with E-state index >= 15 is 0 Å². The minimum absolute atomic E-state index is 0. The summed E-state index contributed by atoms with van der Waals surface area (Å²) in [7, 11) is 0. The number of nitro groups is 1. The summed E-state index contributed by atoms with van der Waals surface area (Å²) in [5, 5.41) is 19.2. The lowest BCUT2D eigenvalue weighted by Gasteiger charge is -2.07. The number of hydrogen-bond acceptors (Lipinski definition) is 6. The number of Topliss-reactive ketones (excluding diaryl/α,β-unsaturated/α-hetero) is 1. The topological polar surface area (TPSA) is 150 Å². The van der Waals surface area contributed by atoms with Gasteiger partial charge in [-0.05, 0) is 12.5 Å². The van der Waals surface area contributed by atoms with Crippen molar-refractivity contribution in [3.05, 3.63) is 33.9 Å². The number of nitrogens with two attached hydrogens (primary N) is 2. The van der Waals surface area contributed by atoms with Gasteiger partial charge in [0.05, 0.1) is 4.92 Å². The van der Waals surface area contributed by atoms with Crippen LogP contribution in [0.15, 0.2) is 18.2 Å². The number of aliphatic carboxylic acids is 1. The van der Waals surface area contributed by atoms with E-state index in [0.717, 1.165) is 6.07 Å². The largest absolute Gasteiger partial charge is 0.480 e. The monoisotopic (exact) mass is 303 g/mol. The fourth-order valence-electron chi connectivity index (χ4n) is 1.44. The zero-order chi connectivity index (χ0) is 14.6. The van der Waals surface area contributed by atoms with E-state index in [2.05, 4.69) is 0 Å². The number of non-ortho nitro benzene ring substituents is 1. The second-order valence-electron chi connectivity index (χ2n) is 3.94. The van der Waals surface area contributed by atoms with E-state index in [4.69, 9.17) is 16.6 Å². The number of halogens is 1. The lowest BCUT2D eigenvalue weighted by atomic mass is 10.0. The SMILES string of the molecule is Cl.Nc1ccc([N+](=O)[O-])cc1C(=O)CCC(N)C(=O)O. The number of rotatable bonds is 6. The zero-order valence-electron chi connectivity index (χ0n) is 10.3. The first-order valence-corrected chi connectivity index (χ1v) is 5.38. The molecule has 0 amide bonds. The lowest BCUT2D eigenvalue weighted by molar-refractivity contribution is -0.384. The number of carbonyl (C=O) groups excluding carboxylic acids is 1. The predicted octanol–water partition coefficient (Wildman–Crippen LogP) is 0.974. The zero-order valence-corrected chi connectivity index (χ0v) is 11.1. The third kappa shape index (κ3) is 4.48.